The van der Waals surface area contributed by atoms with Crippen LogP contribution in [0.4, 0.5) is 5.69 Å². The van der Waals surface area contributed by atoms with Gasteiger partial charge in [0.1, 0.15) is 5.75 Å². The molecule has 0 bridgehead atoms. The monoisotopic (exact) mass is 339 g/mol. The lowest BCUT2D eigenvalue weighted by molar-refractivity contribution is -0.122. The molecule has 3 nitrogen and oxygen atoms in total. The highest BCUT2D eigenvalue weighted by Crippen LogP contribution is 2.27. The Balaban J connectivity index is 1.77. The van der Waals surface area contributed by atoms with Crippen LogP contribution in [0.25, 0.3) is 10.8 Å². The van der Waals surface area contributed by atoms with Gasteiger partial charge in [-0.25, -0.2) is 0 Å². The Morgan fingerprint density at radius 1 is 1.04 bits per heavy atom. The van der Waals surface area contributed by atoms with Crippen molar-refractivity contribution in [3.8, 4) is 5.75 Å². The number of carbonyl (C=O) groups excluding carboxylic acids is 1. The number of nitrogens with one attached hydrogen (secondary N) is 1. The lowest BCUT2D eigenvalue weighted by Crippen LogP contribution is -2.30. The number of carbonyl (C=O) groups is 1. The highest BCUT2D eigenvalue weighted by molar-refractivity contribution is 6.31. The van der Waals surface area contributed by atoms with E-state index in [1.54, 1.807) is 19.1 Å². The minimum Gasteiger partial charge on any atom is -0.480 e. The zero-order valence-electron chi connectivity index (χ0n) is 13.5. The standard InChI is InChI=1S/C20H18ClNO2/c1-13-17(21)10-6-11-18(13)22-20(23)14(2)24-19-12-5-8-15-7-3-4-9-16(15)19/h3-12,14H,1-2H3,(H,22,23)/t14-/m0/s1. The molecule has 24 heavy (non-hydrogen) atoms. The van der Waals surface area contributed by atoms with E-state index in [2.05, 4.69) is 5.32 Å². The first kappa shape index (κ1) is 16.3. The lowest BCUT2D eigenvalue weighted by Gasteiger charge is -2.17. The quantitative estimate of drug-likeness (QED) is 0.708. The number of anilines is 1. The van der Waals surface area contributed by atoms with Gasteiger partial charge in [0, 0.05) is 16.1 Å². The second kappa shape index (κ2) is 6.93. The van der Waals surface area contributed by atoms with Gasteiger partial charge in [0.15, 0.2) is 6.10 Å². The van der Waals surface area contributed by atoms with E-state index in [1.165, 1.54) is 0 Å². The number of rotatable bonds is 4. The van der Waals surface area contributed by atoms with Gasteiger partial charge in [0.2, 0.25) is 0 Å². The van der Waals surface area contributed by atoms with Gasteiger partial charge in [-0.15, -0.1) is 0 Å². The lowest BCUT2D eigenvalue weighted by atomic mass is 10.1. The van der Waals surface area contributed by atoms with Crippen molar-refractivity contribution in [2.75, 3.05) is 5.32 Å². The molecule has 0 aliphatic heterocycles. The van der Waals surface area contributed by atoms with E-state index in [0.717, 1.165) is 16.3 Å². The number of hydrogen-bond donors (Lipinski definition) is 1. The molecule has 0 heterocycles. The minimum atomic E-state index is -0.630. The number of ether oxygens (including phenoxy) is 1. The van der Waals surface area contributed by atoms with Crippen molar-refractivity contribution in [2.45, 2.75) is 20.0 Å². The van der Waals surface area contributed by atoms with Crippen molar-refractivity contribution in [2.24, 2.45) is 0 Å². The van der Waals surface area contributed by atoms with Crippen LogP contribution in [-0.4, -0.2) is 12.0 Å². The molecule has 1 atom stereocenters. The van der Waals surface area contributed by atoms with Crippen molar-refractivity contribution in [3.63, 3.8) is 0 Å². The zero-order chi connectivity index (χ0) is 17.1. The van der Waals surface area contributed by atoms with Gasteiger partial charge in [0.05, 0.1) is 0 Å². The average Bonchev–Trinajstić information content (AvgIpc) is 2.59. The Kier molecular flexibility index (Phi) is 4.72. The van der Waals surface area contributed by atoms with Crippen LogP contribution in [0.5, 0.6) is 5.75 Å². The van der Waals surface area contributed by atoms with Gasteiger partial charge in [-0.05, 0) is 43.0 Å². The molecule has 0 fully saturated rings. The van der Waals surface area contributed by atoms with E-state index in [9.17, 15) is 4.79 Å². The third-order valence-electron chi connectivity index (χ3n) is 3.95. The van der Waals surface area contributed by atoms with Crippen molar-refractivity contribution in [1.82, 2.24) is 0 Å². The Labute approximate surface area is 146 Å². The maximum absolute atomic E-state index is 12.4. The molecule has 1 amide bonds. The van der Waals surface area contributed by atoms with Gasteiger partial charge in [-0.3, -0.25) is 4.79 Å². The summed E-state index contributed by atoms with van der Waals surface area (Å²) in [5.41, 5.74) is 1.53. The van der Waals surface area contributed by atoms with E-state index in [4.69, 9.17) is 16.3 Å². The molecule has 4 heteroatoms. The maximum atomic E-state index is 12.4. The fraction of sp³-hybridized carbons (Fsp3) is 0.150. The van der Waals surface area contributed by atoms with Crippen LogP contribution in [0.15, 0.2) is 60.7 Å². The number of benzene rings is 3. The SMILES string of the molecule is Cc1c(Cl)cccc1NC(=O)[C@H](C)Oc1cccc2ccccc12. The molecule has 0 spiro atoms. The smallest absolute Gasteiger partial charge is 0.265 e. The molecule has 0 aromatic heterocycles. The normalized spacial score (nSPS) is 12.0. The molecule has 1 N–H and O–H groups in total. The van der Waals surface area contributed by atoms with E-state index in [1.807, 2.05) is 55.5 Å². The van der Waals surface area contributed by atoms with Gasteiger partial charge >= 0.3 is 0 Å². The van der Waals surface area contributed by atoms with E-state index >= 15 is 0 Å². The van der Waals surface area contributed by atoms with Crippen LogP contribution in [-0.2, 0) is 4.79 Å². The summed E-state index contributed by atoms with van der Waals surface area (Å²) < 4.78 is 5.89. The number of amides is 1. The summed E-state index contributed by atoms with van der Waals surface area (Å²) in [5.74, 6) is 0.479. The molecule has 122 valence electrons. The fourth-order valence-electron chi connectivity index (χ4n) is 2.52. The molecule has 0 saturated heterocycles. The van der Waals surface area contributed by atoms with Crippen LogP contribution in [0.1, 0.15) is 12.5 Å². The maximum Gasteiger partial charge on any atom is 0.265 e. The van der Waals surface area contributed by atoms with Crippen molar-refractivity contribution < 1.29 is 9.53 Å². The van der Waals surface area contributed by atoms with E-state index in [-0.39, 0.29) is 5.91 Å². The van der Waals surface area contributed by atoms with Crippen LogP contribution in [0.3, 0.4) is 0 Å². The minimum absolute atomic E-state index is 0.215. The molecule has 3 rings (SSSR count). The average molecular weight is 340 g/mol. The highest BCUT2D eigenvalue weighted by atomic mass is 35.5. The third kappa shape index (κ3) is 3.36. The number of hydrogen-bond acceptors (Lipinski definition) is 2. The molecular weight excluding hydrogens is 322 g/mol. The summed E-state index contributed by atoms with van der Waals surface area (Å²) in [6.07, 6.45) is -0.630. The summed E-state index contributed by atoms with van der Waals surface area (Å²) in [7, 11) is 0. The van der Waals surface area contributed by atoms with Crippen LogP contribution in [0, 0.1) is 6.92 Å². The summed E-state index contributed by atoms with van der Waals surface area (Å²) in [4.78, 5) is 12.4. The van der Waals surface area contributed by atoms with Crippen LogP contribution in [0.2, 0.25) is 5.02 Å². The molecule has 0 unspecified atom stereocenters. The summed E-state index contributed by atoms with van der Waals surface area (Å²) in [6.45, 7) is 3.60. The van der Waals surface area contributed by atoms with Crippen LogP contribution >= 0.6 is 11.6 Å². The molecule has 0 saturated carbocycles. The Hall–Kier alpha value is -2.52. The molecule has 0 aliphatic carbocycles. The Bertz CT molecular complexity index is 886. The van der Waals surface area contributed by atoms with Gasteiger partial charge in [0.25, 0.3) is 5.91 Å². The molecule has 0 radical (unpaired) electrons. The Morgan fingerprint density at radius 2 is 1.75 bits per heavy atom. The molecule has 3 aromatic rings. The number of halogens is 1. The first-order valence-electron chi connectivity index (χ1n) is 7.76. The molecule has 0 aliphatic rings. The first-order valence-corrected chi connectivity index (χ1v) is 8.14. The van der Waals surface area contributed by atoms with Crippen molar-refractivity contribution in [3.05, 3.63) is 71.2 Å². The molecule has 3 aromatic carbocycles. The van der Waals surface area contributed by atoms with Crippen LogP contribution < -0.4 is 10.1 Å². The number of fused-ring (bicyclic) bond motifs is 1. The summed E-state index contributed by atoms with van der Waals surface area (Å²) in [6, 6.07) is 19.2. The van der Waals surface area contributed by atoms with E-state index in [0.29, 0.717) is 16.5 Å². The second-order valence-electron chi connectivity index (χ2n) is 5.64. The highest BCUT2D eigenvalue weighted by Gasteiger charge is 2.17. The van der Waals surface area contributed by atoms with Crippen molar-refractivity contribution >= 4 is 34.0 Å². The predicted octanol–water partition coefficient (Wildman–Crippen LogP) is 5.21. The fourth-order valence-corrected chi connectivity index (χ4v) is 2.69. The Morgan fingerprint density at radius 3 is 2.58 bits per heavy atom. The second-order valence-corrected chi connectivity index (χ2v) is 6.05. The largest absolute Gasteiger partial charge is 0.480 e. The third-order valence-corrected chi connectivity index (χ3v) is 4.36. The predicted molar refractivity (Wildman–Crippen MR) is 98.9 cm³/mol. The molecular formula is C20H18ClNO2. The summed E-state index contributed by atoms with van der Waals surface area (Å²) >= 11 is 6.09. The van der Waals surface area contributed by atoms with Gasteiger partial charge in [-0.2, -0.15) is 0 Å². The van der Waals surface area contributed by atoms with E-state index < -0.39 is 6.10 Å². The summed E-state index contributed by atoms with van der Waals surface area (Å²) in [5, 5.41) is 5.55. The zero-order valence-corrected chi connectivity index (χ0v) is 14.3. The van der Waals surface area contributed by atoms with Crippen molar-refractivity contribution in [1.29, 1.82) is 0 Å². The van der Waals surface area contributed by atoms with Gasteiger partial charge in [-0.1, -0.05) is 54.1 Å². The first-order chi connectivity index (χ1) is 11.6. The topological polar surface area (TPSA) is 38.3 Å². The van der Waals surface area contributed by atoms with Gasteiger partial charge < -0.3 is 10.1 Å².